The van der Waals surface area contributed by atoms with Gasteiger partial charge in [0.15, 0.2) is 11.5 Å². The van der Waals surface area contributed by atoms with E-state index in [4.69, 9.17) is 9.47 Å². The van der Waals surface area contributed by atoms with Crippen LogP contribution in [0.5, 0.6) is 11.5 Å². The van der Waals surface area contributed by atoms with E-state index in [-0.39, 0.29) is 17.1 Å². The number of anilines is 1. The van der Waals surface area contributed by atoms with Crippen molar-refractivity contribution >= 4 is 17.7 Å². The van der Waals surface area contributed by atoms with Gasteiger partial charge >= 0.3 is 5.69 Å². The molecule has 0 unspecified atom stereocenters. The Morgan fingerprint density at radius 1 is 1.10 bits per heavy atom. The number of Topliss-reactive ketones (excluding diaryl/α,β-unsaturated/α-hetero) is 1. The summed E-state index contributed by atoms with van der Waals surface area (Å²) in [4.78, 5) is 38.0. The lowest BCUT2D eigenvalue weighted by Gasteiger charge is -2.12. The van der Waals surface area contributed by atoms with Gasteiger partial charge in [0.05, 0.1) is 19.4 Å². The van der Waals surface area contributed by atoms with Gasteiger partial charge in [-0.15, -0.1) is 0 Å². The van der Waals surface area contributed by atoms with Gasteiger partial charge in [0.1, 0.15) is 11.4 Å². The van der Waals surface area contributed by atoms with Gasteiger partial charge in [-0.25, -0.2) is 4.79 Å². The van der Waals surface area contributed by atoms with E-state index in [0.717, 1.165) is 17.4 Å². The van der Waals surface area contributed by atoms with E-state index in [1.165, 1.54) is 11.6 Å². The summed E-state index contributed by atoms with van der Waals surface area (Å²) in [5, 5.41) is 2.98. The van der Waals surface area contributed by atoms with E-state index in [1.807, 2.05) is 6.92 Å². The van der Waals surface area contributed by atoms with Gasteiger partial charge in [-0.3, -0.25) is 18.7 Å². The van der Waals surface area contributed by atoms with Gasteiger partial charge in [0.25, 0.3) is 5.56 Å². The number of carbonyl (C=O) groups excluding carboxylic acids is 1. The second-order valence-corrected chi connectivity index (χ2v) is 7.15. The van der Waals surface area contributed by atoms with E-state index in [0.29, 0.717) is 36.6 Å². The normalized spacial score (nSPS) is 14.0. The van der Waals surface area contributed by atoms with Gasteiger partial charge in [0, 0.05) is 13.6 Å². The molecule has 0 spiro atoms. The second kappa shape index (κ2) is 9.02. The smallest absolute Gasteiger partial charge is 0.332 e. The van der Waals surface area contributed by atoms with Gasteiger partial charge in [-0.2, -0.15) is 0 Å². The Morgan fingerprint density at radius 3 is 2.53 bits per heavy atom. The van der Waals surface area contributed by atoms with Crippen LogP contribution in [0, 0.1) is 0 Å². The first-order valence-corrected chi connectivity index (χ1v) is 10.1. The Balaban J connectivity index is 2.01. The molecule has 0 atom stereocenters. The van der Waals surface area contributed by atoms with Gasteiger partial charge in [-0.1, -0.05) is 26.3 Å². The molecule has 0 saturated heterocycles. The summed E-state index contributed by atoms with van der Waals surface area (Å²) in [6.07, 6.45) is 4.27. The summed E-state index contributed by atoms with van der Waals surface area (Å²) >= 11 is 0. The molecular formula is C22H27N3O5. The molecular weight excluding hydrogens is 386 g/mol. The Hall–Kier alpha value is -3.29. The van der Waals surface area contributed by atoms with Crippen LogP contribution in [-0.2, 0) is 13.6 Å². The zero-order valence-corrected chi connectivity index (χ0v) is 17.8. The molecule has 0 aliphatic carbocycles. The van der Waals surface area contributed by atoms with E-state index >= 15 is 0 Å². The van der Waals surface area contributed by atoms with Crippen LogP contribution in [-0.4, -0.2) is 28.6 Å². The number of rotatable bonds is 8. The number of carbonyl (C=O) groups is 1. The zero-order chi connectivity index (χ0) is 21.8. The largest absolute Gasteiger partial charge is 0.493 e. The van der Waals surface area contributed by atoms with Crippen molar-refractivity contribution in [1.29, 1.82) is 0 Å². The van der Waals surface area contributed by atoms with Crippen LogP contribution in [0.25, 0.3) is 6.08 Å². The molecule has 0 bridgehead atoms. The first kappa shape index (κ1) is 21.4. The summed E-state index contributed by atoms with van der Waals surface area (Å²) in [7, 11) is 2.96. The lowest BCUT2D eigenvalue weighted by Crippen LogP contribution is -2.40. The summed E-state index contributed by atoms with van der Waals surface area (Å²) < 4.78 is 13.6. The zero-order valence-electron chi connectivity index (χ0n) is 17.8. The number of ether oxygens (including phenoxy) is 2. The summed E-state index contributed by atoms with van der Waals surface area (Å²) in [6, 6.07) is 5.36. The molecule has 30 heavy (non-hydrogen) atoms. The van der Waals surface area contributed by atoms with Crippen LogP contribution in [0.1, 0.15) is 49.0 Å². The number of hydrogen-bond donors (Lipinski definition) is 1. The van der Waals surface area contributed by atoms with E-state index in [9.17, 15) is 14.4 Å². The van der Waals surface area contributed by atoms with Crippen molar-refractivity contribution in [1.82, 2.24) is 9.13 Å². The number of ketones is 1. The summed E-state index contributed by atoms with van der Waals surface area (Å²) in [5.74, 6) is 1.02. The SMILES string of the molecule is CCCCOc1cc(/C=C2\Nc3c(c(=O)n(C)c(=O)n3CCC)C2=O)ccc1OC. The maximum Gasteiger partial charge on any atom is 0.332 e. The molecule has 3 rings (SSSR count). The fraction of sp³-hybridized carbons (Fsp3) is 0.409. The van der Waals surface area contributed by atoms with Crippen LogP contribution < -0.4 is 26.0 Å². The third-order valence-electron chi connectivity index (χ3n) is 4.97. The van der Waals surface area contributed by atoms with Crippen LogP contribution in [0.3, 0.4) is 0 Å². The Labute approximate surface area is 174 Å². The lowest BCUT2D eigenvalue weighted by molar-refractivity contribution is 0.104. The molecule has 160 valence electrons. The molecule has 0 fully saturated rings. The molecule has 8 nitrogen and oxygen atoms in total. The van der Waals surface area contributed by atoms with Crippen molar-refractivity contribution in [2.24, 2.45) is 7.05 Å². The topological polar surface area (TPSA) is 91.6 Å². The highest BCUT2D eigenvalue weighted by Crippen LogP contribution is 2.31. The number of nitrogens with zero attached hydrogens (tertiary/aromatic N) is 2. The van der Waals surface area contributed by atoms with Gasteiger partial charge in [-0.05, 0) is 36.6 Å². The number of nitrogens with one attached hydrogen (secondary N) is 1. The standard InChI is InChI=1S/C22H27N3O5/c1-5-7-11-30-17-13-14(8-9-16(17)29-4)12-15-19(26)18-20(23-15)25(10-6-2)22(28)24(3)21(18)27/h8-9,12-13,23H,5-7,10-11H2,1-4H3/b15-12-. The number of allylic oxidation sites excluding steroid dienone is 1. The first-order chi connectivity index (χ1) is 14.4. The van der Waals surface area contributed by atoms with Crippen molar-refractivity contribution in [3.63, 3.8) is 0 Å². The van der Waals surface area contributed by atoms with Crippen LogP contribution in [0.15, 0.2) is 33.5 Å². The number of unbranched alkanes of at least 4 members (excludes halogenated alkanes) is 1. The average Bonchev–Trinajstić information content (AvgIpc) is 3.06. The summed E-state index contributed by atoms with van der Waals surface area (Å²) in [5.41, 5.74) is -0.0982. The fourth-order valence-electron chi connectivity index (χ4n) is 3.34. The van der Waals surface area contributed by atoms with Crippen LogP contribution >= 0.6 is 0 Å². The quantitative estimate of drug-likeness (QED) is 0.529. The molecule has 1 aliphatic rings. The number of benzene rings is 1. The molecule has 0 amide bonds. The van der Waals surface area contributed by atoms with Gasteiger partial charge < -0.3 is 14.8 Å². The van der Waals surface area contributed by atoms with Crippen molar-refractivity contribution in [3.05, 3.63) is 55.9 Å². The number of aromatic nitrogens is 2. The number of hydrogen-bond acceptors (Lipinski definition) is 6. The van der Waals surface area contributed by atoms with Crippen molar-refractivity contribution in [2.75, 3.05) is 19.0 Å². The van der Waals surface area contributed by atoms with Gasteiger partial charge in [0.2, 0.25) is 5.78 Å². The first-order valence-electron chi connectivity index (χ1n) is 10.1. The molecule has 2 heterocycles. The summed E-state index contributed by atoms with van der Waals surface area (Å²) in [6.45, 7) is 4.98. The fourth-order valence-corrected chi connectivity index (χ4v) is 3.34. The van der Waals surface area contributed by atoms with Crippen molar-refractivity contribution in [2.45, 2.75) is 39.7 Å². The molecule has 1 N–H and O–H groups in total. The monoisotopic (exact) mass is 413 g/mol. The van der Waals surface area contributed by atoms with E-state index in [1.54, 1.807) is 31.4 Å². The third-order valence-corrected chi connectivity index (χ3v) is 4.97. The Morgan fingerprint density at radius 2 is 1.87 bits per heavy atom. The minimum atomic E-state index is -0.596. The second-order valence-electron chi connectivity index (χ2n) is 7.15. The predicted molar refractivity (Wildman–Crippen MR) is 116 cm³/mol. The maximum atomic E-state index is 12.9. The Bertz CT molecular complexity index is 1110. The molecule has 2 aromatic rings. The number of fused-ring (bicyclic) bond motifs is 1. The molecule has 8 heteroatoms. The minimum absolute atomic E-state index is 0.00951. The molecule has 0 radical (unpaired) electrons. The van der Waals surface area contributed by atoms with Crippen molar-refractivity contribution in [3.8, 4) is 11.5 Å². The highest BCUT2D eigenvalue weighted by atomic mass is 16.5. The molecule has 1 aromatic carbocycles. The molecule has 1 aliphatic heterocycles. The van der Waals surface area contributed by atoms with Crippen LogP contribution in [0.2, 0.25) is 0 Å². The van der Waals surface area contributed by atoms with E-state index in [2.05, 4.69) is 12.2 Å². The van der Waals surface area contributed by atoms with E-state index < -0.39 is 17.0 Å². The Kier molecular flexibility index (Phi) is 6.44. The average molecular weight is 413 g/mol. The number of methoxy groups -OCH3 is 1. The maximum absolute atomic E-state index is 12.9. The van der Waals surface area contributed by atoms with Crippen molar-refractivity contribution < 1.29 is 14.3 Å². The molecule has 0 saturated carbocycles. The highest BCUT2D eigenvalue weighted by Gasteiger charge is 2.32. The predicted octanol–water partition coefficient (Wildman–Crippen LogP) is 2.79. The lowest BCUT2D eigenvalue weighted by atomic mass is 10.1. The third kappa shape index (κ3) is 3.90. The minimum Gasteiger partial charge on any atom is -0.493 e. The van der Waals surface area contributed by atoms with Crippen LogP contribution in [0.4, 0.5) is 5.82 Å². The highest BCUT2D eigenvalue weighted by molar-refractivity contribution is 6.19. The molecule has 1 aromatic heterocycles.